The SMILES string of the molecule is CN=C(NCc1cnn(-c2ccccc2)c1)NC1CCN(CC(F)(F)F)C1. The van der Waals surface area contributed by atoms with Gasteiger partial charge in [-0.05, 0) is 18.6 Å². The number of likely N-dealkylation sites (tertiary alicyclic amines) is 1. The zero-order chi connectivity index (χ0) is 19.3. The molecule has 0 radical (unpaired) electrons. The van der Waals surface area contributed by atoms with Crippen molar-refractivity contribution in [1.29, 1.82) is 0 Å². The number of para-hydroxylation sites is 1. The third-order valence-corrected chi connectivity index (χ3v) is 4.36. The topological polar surface area (TPSA) is 57.5 Å². The standard InChI is InChI=1S/C18H23F3N6/c1-22-17(25-15-7-8-26(12-15)13-18(19,20)21)23-9-14-10-24-27(11-14)16-5-3-2-4-6-16/h2-6,10-11,15H,7-9,12-13H2,1H3,(H2,22,23,25). The number of hydrogen-bond acceptors (Lipinski definition) is 3. The van der Waals surface area contributed by atoms with E-state index in [4.69, 9.17) is 0 Å². The molecule has 1 unspecified atom stereocenters. The van der Waals surface area contributed by atoms with Gasteiger partial charge in [0.15, 0.2) is 5.96 Å². The molecule has 0 amide bonds. The summed E-state index contributed by atoms with van der Waals surface area (Å²) in [5.74, 6) is 0.571. The minimum absolute atomic E-state index is 0.0504. The lowest BCUT2D eigenvalue weighted by Crippen LogP contribution is -2.44. The van der Waals surface area contributed by atoms with E-state index in [1.165, 1.54) is 4.90 Å². The fourth-order valence-electron chi connectivity index (χ4n) is 3.09. The molecule has 1 atom stereocenters. The molecule has 0 spiro atoms. The molecule has 2 heterocycles. The van der Waals surface area contributed by atoms with Crippen molar-refractivity contribution >= 4 is 5.96 Å². The van der Waals surface area contributed by atoms with Gasteiger partial charge in [0, 0.05) is 44.5 Å². The van der Waals surface area contributed by atoms with Gasteiger partial charge in [0.1, 0.15) is 0 Å². The van der Waals surface area contributed by atoms with Gasteiger partial charge >= 0.3 is 6.18 Å². The molecular formula is C18H23F3N6. The molecule has 2 N–H and O–H groups in total. The second-order valence-corrected chi connectivity index (χ2v) is 6.53. The molecule has 2 aromatic rings. The van der Waals surface area contributed by atoms with Crippen molar-refractivity contribution in [1.82, 2.24) is 25.3 Å². The molecule has 27 heavy (non-hydrogen) atoms. The Morgan fingerprint density at radius 2 is 2.07 bits per heavy atom. The summed E-state index contributed by atoms with van der Waals surface area (Å²) in [5.41, 5.74) is 1.95. The summed E-state index contributed by atoms with van der Waals surface area (Å²) < 4.78 is 39.3. The van der Waals surface area contributed by atoms with Crippen molar-refractivity contribution in [2.24, 2.45) is 4.99 Å². The molecule has 1 aliphatic rings. The molecule has 3 rings (SSSR count). The zero-order valence-electron chi connectivity index (χ0n) is 15.1. The Balaban J connectivity index is 1.48. The maximum absolute atomic E-state index is 12.5. The number of aromatic nitrogens is 2. The summed E-state index contributed by atoms with van der Waals surface area (Å²) >= 11 is 0. The summed E-state index contributed by atoms with van der Waals surface area (Å²) in [6, 6.07) is 9.74. The van der Waals surface area contributed by atoms with Crippen LogP contribution in [-0.4, -0.2) is 59.5 Å². The van der Waals surface area contributed by atoms with Gasteiger partial charge in [-0.15, -0.1) is 0 Å². The van der Waals surface area contributed by atoms with Crippen LogP contribution >= 0.6 is 0 Å². The molecule has 146 valence electrons. The number of nitrogens with zero attached hydrogens (tertiary/aromatic N) is 4. The predicted molar refractivity (Wildman–Crippen MR) is 97.8 cm³/mol. The molecular weight excluding hydrogens is 357 g/mol. The highest BCUT2D eigenvalue weighted by Crippen LogP contribution is 2.19. The van der Waals surface area contributed by atoms with E-state index in [0.29, 0.717) is 32.0 Å². The van der Waals surface area contributed by atoms with Crippen LogP contribution < -0.4 is 10.6 Å². The van der Waals surface area contributed by atoms with Crippen LogP contribution in [-0.2, 0) is 6.54 Å². The lowest BCUT2D eigenvalue weighted by atomic mass is 10.3. The third-order valence-electron chi connectivity index (χ3n) is 4.36. The lowest BCUT2D eigenvalue weighted by Gasteiger charge is -2.19. The van der Waals surface area contributed by atoms with Gasteiger partial charge < -0.3 is 10.6 Å². The van der Waals surface area contributed by atoms with E-state index < -0.39 is 12.7 Å². The predicted octanol–water partition coefficient (Wildman–Crippen LogP) is 2.17. The van der Waals surface area contributed by atoms with Gasteiger partial charge in [0.05, 0.1) is 18.4 Å². The summed E-state index contributed by atoms with van der Waals surface area (Å²) in [6.45, 7) is 0.436. The van der Waals surface area contributed by atoms with Crippen molar-refractivity contribution in [2.45, 2.75) is 25.2 Å². The number of alkyl halides is 3. The molecule has 1 aromatic heterocycles. The van der Waals surface area contributed by atoms with E-state index in [9.17, 15) is 13.2 Å². The molecule has 1 aliphatic heterocycles. The molecule has 0 aliphatic carbocycles. The second kappa shape index (κ2) is 8.43. The number of benzene rings is 1. The fourth-order valence-corrected chi connectivity index (χ4v) is 3.09. The number of guanidine groups is 1. The summed E-state index contributed by atoms with van der Waals surface area (Å²) in [4.78, 5) is 5.57. The van der Waals surface area contributed by atoms with Crippen LogP contribution in [0.1, 0.15) is 12.0 Å². The highest BCUT2D eigenvalue weighted by Gasteiger charge is 2.34. The minimum atomic E-state index is -4.16. The summed E-state index contributed by atoms with van der Waals surface area (Å²) in [6.07, 6.45) is 0.195. The average molecular weight is 380 g/mol. The van der Waals surface area contributed by atoms with E-state index in [-0.39, 0.29) is 6.04 Å². The first-order valence-corrected chi connectivity index (χ1v) is 8.78. The first-order chi connectivity index (χ1) is 12.9. The molecule has 0 saturated carbocycles. The zero-order valence-corrected chi connectivity index (χ0v) is 15.1. The molecule has 1 fully saturated rings. The highest BCUT2D eigenvalue weighted by molar-refractivity contribution is 5.80. The Morgan fingerprint density at radius 3 is 2.78 bits per heavy atom. The molecule has 1 aromatic carbocycles. The van der Waals surface area contributed by atoms with Crippen molar-refractivity contribution in [2.75, 3.05) is 26.7 Å². The fraction of sp³-hybridized carbons (Fsp3) is 0.444. The lowest BCUT2D eigenvalue weighted by molar-refractivity contribution is -0.143. The van der Waals surface area contributed by atoms with Crippen LogP contribution in [0, 0.1) is 0 Å². The van der Waals surface area contributed by atoms with Gasteiger partial charge in [0.25, 0.3) is 0 Å². The Bertz CT molecular complexity index is 756. The second-order valence-electron chi connectivity index (χ2n) is 6.53. The average Bonchev–Trinajstić information content (AvgIpc) is 3.27. The largest absolute Gasteiger partial charge is 0.401 e. The summed E-state index contributed by atoms with van der Waals surface area (Å²) in [7, 11) is 1.64. The Hall–Kier alpha value is -2.55. The molecule has 0 bridgehead atoms. The summed E-state index contributed by atoms with van der Waals surface area (Å²) in [5, 5.41) is 10.7. The van der Waals surface area contributed by atoms with Crippen molar-refractivity contribution in [3.63, 3.8) is 0 Å². The first kappa shape index (κ1) is 19.2. The number of hydrogen-bond donors (Lipinski definition) is 2. The quantitative estimate of drug-likeness (QED) is 0.617. The van der Waals surface area contributed by atoms with E-state index in [1.807, 2.05) is 36.5 Å². The van der Waals surface area contributed by atoms with Crippen LogP contribution in [0.5, 0.6) is 0 Å². The van der Waals surface area contributed by atoms with Gasteiger partial charge in [-0.1, -0.05) is 18.2 Å². The number of nitrogens with one attached hydrogen (secondary N) is 2. The molecule has 6 nitrogen and oxygen atoms in total. The van der Waals surface area contributed by atoms with Crippen LogP contribution in [0.3, 0.4) is 0 Å². The first-order valence-electron chi connectivity index (χ1n) is 8.78. The van der Waals surface area contributed by atoms with Gasteiger partial charge in [-0.25, -0.2) is 4.68 Å². The van der Waals surface area contributed by atoms with Crippen LogP contribution in [0.15, 0.2) is 47.7 Å². The monoisotopic (exact) mass is 380 g/mol. The maximum Gasteiger partial charge on any atom is 0.401 e. The number of aliphatic imine (C=N–C) groups is 1. The van der Waals surface area contributed by atoms with E-state index >= 15 is 0 Å². The number of rotatable bonds is 5. The van der Waals surface area contributed by atoms with Crippen LogP contribution in [0.25, 0.3) is 5.69 Å². The minimum Gasteiger partial charge on any atom is -0.352 e. The van der Waals surface area contributed by atoms with Gasteiger partial charge in [0.2, 0.25) is 0 Å². The van der Waals surface area contributed by atoms with Crippen molar-refractivity contribution in [3.05, 3.63) is 48.3 Å². The maximum atomic E-state index is 12.5. The molecule has 1 saturated heterocycles. The highest BCUT2D eigenvalue weighted by atomic mass is 19.4. The Morgan fingerprint density at radius 1 is 1.30 bits per heavy atom. The van der Waals surface area contributed by atoms with Gasteiger partial charge in [-0.3, -0.25) is 9.89 Å². The van der Waals surface area contributed by atoms with Crippen LogP contribution in [0.4, 0.5) is 13.2 Å². The van der Waals surface area contributed by atoms with E-state index in [0.717, 1.165) is 11.3 Å². The van der Waals surface area contributed by atoms with Crippen molar-refractivity contribution < 1.29 is 13.2 Å². The van der Waals surface area contributed by atoms with Crippen LogP contribution in [0.2, 0.25) is 0 Å². The van der Waals surface area contributed by atoms with E-state index in [1.54, 1.807) is 17.9 Å². The van der Waals surface area contributed by atoms with E-state index in [2.05, 4.69) is 20.7 Å². The Labute approximate surface area is 156 Å². The smallest absolute Gasteiger partial charge is 0.352 e. The van der Waals surface area contributed by atoms with Gasteiger partial charge in [-0.2, -0.15) is 18.3 Å². The Kier molecular flexibility index (Phi) is 6.00. The number of halogens is 3. The van der Waals surface area contributed by atoms with Crippen molar-refractivity contribution in [3.8, 4) is 5.69 Å². The molecule has 9 heteroatoms. The third kappa shape index (κ3) is 5.72. The normalized spacial score (nSPS) is 18.7.